The molecule has 2 aliphatic rings. The van der Waals surface area contributed by atoms with E-state index < -0.39 is 0 Å². The first kappa shape index (κ1) is 14.7. The van der Waals surface area contributed by atoms with Crippen LogP contribution in [0.5, 0.6) is 0 Å². The van der Waals surface area contributed by atoms with Crippen LogP contribution in [0.3, 0.4) is 0 Å². The second kappa shape index (κ2) is 5.65. The van der Waals surface area contributed by atoms with Gasteiger partial charge in [0.05, 0.1) is 21.8 Å². The zero-order valence-corrected chi connectivity index (χ0v) is 13.7. The quantitative estimate of drug-likeness (QED) is 0.844. The standard InChI is InChI=1S/C16H14Cl2N4O/c17-12-3-1-9(5-13(12)18)21-16(23)22-10-2-4-15(22)11-7-19-8-20-14(11)6-10/h1,3,5,7-8,10,15H,2,4,6H2,(H,21,23)/t10-,15+/m0/s1. The number of carbonyl (C=O) groups is 1. The second-order valence-corrected chi connectivity index (χ2v) is 6.66. The van der Waals surface area contributed by atoms with E-state index in [0.717, 1.165) is 30.5 Å². The summed E-state index contributed by atoms with van der Waals surface area (Å²) in [7, 11) is 0. The number of anilines is 1. The van der Waals surface area contributed by atoms with Gasteiger partial charge in [0.25, 0.3) is 0 Å². The molecule has 2 atom stereocenters. The van der Waals surface area contributed by atoms with Gasteiger partial charge in [-0.15, -0.1) is 0 Å². The number of urea groups is 1. The lowest BCUT2D eigenvalue weighted by Crippen LogP contribution is -2.44. The van der Waals surface area contributed by atoms with Gasteiger partial charge in [0.1, 0.15) is 6.33 Å². The highest BCUT2D eigenvalue weighted by molar-refractivity contribution is 6.42. The Morgan fingerprint density at radius 1 is 1.26 bits per heavy atom. The number of nitrogens with one attached hydrogen (secondary N) is 1. The Hall–Kier alpha value is -1.85. The molecule has 0 spiro atoms. The van der Waals surface area contributed by atoms with Crippen LogP contribution in [0.25, 0.3) is 0 Å². The van der Waals surface area contributed by atoms with Crippen molar-refractivity contribution in [3.05, 3.63) is 52.0 Å². The molecule has 1 N–H and O–H groups in total. The molecule has 1 aromatic carbocycles. The number of fused-ring (bicyclic) bond motifs is 4. The molecule has 118 valence electrons. The number of aromatic nitrogens is 2. The molecular weight excluding hydrogens is 335 g/mol. The maximum atomic E-state index is 12.7. The molecule has 0 radical (unpaired) electrons. The predicted octanol–water partition coefficient (Wildman–Crippen LogP) is 4.08. The summed E-state index contributed by atoms with van der Waals surface area (Å²) in [4.78, 5) is 23.1. The van der Waals surface area contributed by atoms with E-state index in [2.05, 4.69) is 15.3 Å². The van der Waals surface area contributed by atoms with Gasteiger partial charge in [-0.2, -0.15) is 0 Å². The number of carbonyl (C=O) groups excluding carboxylic acids is 1. The molecule has 2 aromatic rings. The fourth-order valence-electron chi connectivity index (χ4n) is 3.50. The van der Waals surface area contributed by atoms with Crippen LogP contribution in [0.1, 0.15) is 30.1 Å². The molecule has 23 heavy (non-hydrogen) atoms. The number of nitrogens with zero attached hydrogens (tertiary/aromatic N) is 3. The smallest absolute Gasteiger partial charge is 0.314 e. The van der Waals surface area contributed by atoms with Gasteiger partial charge in [-0.1, -0.05) is 23.2 Å². The molecule has 0 unspecified atom stereocenters. The summed E-state index contributed by atoms with van der Waals surface area (Å²) in [5, 5.41) is 3.80. The van der Waals surface area contributed by atoms with Crippen molar-refractivity contribution in [3.63, 3.8) is 0 Å². The Balaban J connectivity index is 1.59. The number of hydrogen-bond donors (Lipinski definition) is 1. The average molecular weight is 349 g/mol. The van der Waals surface area contributed by atoms with Crippen molar-refractivity contribution in [2.75, 3.05) is 5.32 Å². The molecular formula is C16H14Cl2N4O. The van der Waals surface area contributed by atoms with E-state index in [1.807, 2.05) is 11.1 Å². The molecule has 1 saturated heterocycles. The molecule has 4 rings (SSSR count). The zero-order chi connectivity index (χ0) is 16.0. The first-order valence-electron chi connectivity index (χ1n) is 7.46. The largest absolute Gasteiger partial charge is 0.322 e. The van der Waals surface area contributed by atoms with Crippen LogP contribution in [0.15, 0.2) is 30.7 Å². The fourth-order valence-corrected chi connectivity index (χ4v) is 3.79. The molecule has 7 heteroatoms. The summed E-state index contributed by atoms with van der Waals surface area (Å²) in [6.45, 7) is 0. The molecule has 2 aliphatic heterocycles. The molecule has 1 fully saturated rings. The first-order chi connectivity index (χ1) is 11.1. The summed E-state index contributed by atoms with van der Waals surface area (Å²) < 4.78 is 0. The Morgan fingerprint density at radius 2 is 2.13 bits per heavy atom. The summed E-state index contributed by atoms with van der Waals surface area (Å²) in [6, 6.07) is 5.19. The third-order valence-corrected chi connectivity index (χ3v) is 5.26. The molecule has 0 saturated carbocycles. The van der Waals surface area contributed by atoms with Gasteiger partial charge < -0.3 is 10.2 Å². The topological polar surface area (TPSA) is 58.1 Å². The lowest BCUT2D eigenvalue weighted by molar-refractivity contribution is 0.178. The van der Waals surface area contributed by atoms with Crippen molar-refractivity contribution in [1.29, 1.82) is 0 Å². The van der Waals surface area contributed by atoms with Crippen LogP contribution in [-0.2, 0) is 6.42 Å². The van der Waals surface area contributed by atoms with E-state index in [1.54, 1.807) is 24.5 Å². The number of halogens is 2. The van der Waals surface area contributed by atoms with Crippen LogP contribution >= 0.6 is 23.2 Å². The van der Waals surface area contributed by atoms with Crippen molar-refractivity contribution in [2.45, 2.75) is 31.3 Å². The highest BCUT2D eigenvalue weighted by Crippen LogP contribution is 2.43. The molecule has 5 nitrogen and oxygen atoms in total. The fraction of sp³-hybridized carbons (Fsp3) is 0.312. The van der Waals surface area contributed by atoms with E-state index in [0.29, 0.717) is 15.7 Å². The van der Waals surface area contributed by atoms with E-state index in [-0.39, 0.29) is 18.1 Å². The van der Waals surface area contributed by atoms with Gasteiger partial charge in [0.15, 0.2) is 0 Å². The minimum Gasteiger partial charge on any atom is -0.314 e. The second-order valence-electron chi connectivity index (χ2n) is 5.84. The normalized spacial score (nSPS) is 21.9. The summed E-state index contributed by atoms with van der Waals surface area (Å²) in [5.41, 5.74) is 2.76. The Morgan fingerprint density at radius 3 is 2.96 bits per heavy atom. The van der Waals surface area contributed by atoms with Crippen LogP contribution in [-0.4, -0.2) is 26.9 Å². The average Bonchev–Trinajstić information content (AvgIpc) is 2.86. The van der Waals surface area contributed by atoms with Crippen molar-refractivity contribution < 1.29 is 4.79 Å². The van der Waals surface area contributed by atoms with Crippen LogP contribution in [0.4, 0.5) is 10.5 Å². The van der Waals surface area contributed by atoms with Gasteiger partial charge in [-0.3, -0.25) is 0 Å². The summed E-state index contributed by atoms with van der Waals surface area (Å²) in [6.07, 6.45) is 6.11. The maximum Gasteiger partial charge on any atom is 0.322 e. The Bertz CT molecular complexity index is 782. The lowest BCUT2D eigenvalue weighted by Gasteiger charge is -2.35. The highest BCUT2D eigenvalue weighted by atomic mass is 35.5. The maximum absolute atomic E-state index is 12.7. The third-order valence-electron chi connectivity index (χ3n) is 4.52. The summed E-state index contributed by atoms with van der Waals surface area (Å²) in [5.74, 6) is 0. The Labute approximate surface area is 143 Å². The lowest BCUT2D eigenvalue weighted by atomic mass is 10.00. The zero-order valence-electron chi connectivity index (χ0n) is 12.2. The van der Waals surface area contributed by atoms with Crippen molar-refractivity contribution in [3.8, 4) is 0 Å². The minimum absolute atomic E-state index is 0.0488. The van der Waals surface area contributed by atoms with E-state index >= 15 is 0 Å². The van der Waals surface area contributed by atoms with E-state index in [9.17, 15) is 4.79 Å². The number of rotatable bonds is 1. The first-order valence-corrected chi connectivity index (χ1v) is 8.22. The molecule has 3 heterocycles. The van der Waals surface area contributed by atoms with Gasteiger partial charge in [0, 0.05) is 29.9 Å². The van der Waals surface area contributed by atoms with Crippen molar-refractivity contribution >= 4 is 34.9 Å². The van der Waals surface area contributed by atoms with Crippen molar-refractivity contribution in [2.24, 2.45) is 0 Å². The van der Waals surface area contributed by atoms with Gasteiger partial charge in [-0.05, 0) is 31.0 Å². The van der Waals surface area contributed by atoms with Gasteiger partial charge >= 0.3 is 6.03 Å². The number of hydrogen-bond acceptors (Lipinski definition) is 3. The third kappa shape index (κ3) is 2.54. The van der Waals surface area contributed by atoms with Gasteiger partial charge in [0.2, 0.25) is 0 Å². The molecule has 1 aromatic heterocycles. The van der Waals surface area contributed by atoms with E-state index in [4.69, 9.17) is 23.2 Å². The van der Waals surface area contributed by atoms with Crippen LogP contribution in [0.2, 0.25) is 10.0 Å². The summed E-state index contributed by atoms with van der Waals surface area (Å²) >= 11 is 11.9. The van der Waals surface area contributed by atoms with Crippen LogP contribution in [0, 0.1) is 0 Å². The molecule has 2 bridgehead atoms. The number of benzene rings is 1. The minimum atomic E-state index is -0.120. The monoisotopic (exact) mass is 348 g/mol. The SMILES string of the molecule is O=C(Nc1ccc(Cl)c(Cl)c1)N1[C@H]2CC[C@@H]1c1cncnc1C2. The van der Waals surface area contributed by atoms with Gasteiger partial charge in [-0.25, -0.2) is 14.8 Å². The number of amides is 2. The van der Waals surface area contributed by atoms with E-state index in [1.165, 1.54) is 0 Å². The predicted molar refractivity (Wildman–Crippen MR) is 88.8 cm³/mol. The molecule has 2 amide bonds. The highest BCUT2D eigenvalue weighted by Gasteiger charge is 2.43. The van der Waals surface area contributed by atoms with Crippen molar-refractivity contribution in [1.82, 2.24) is 14.9 Å². The molecule has 0 aliphatic carbocycles. The Kier molecular flexibility index (Phi) is 3.62. The van der Waals surface area contributed by atoms with Crippen LogP contribution < -0.4 is 5.32 Å².